The largest absolute Gasteiger partial charge is 0.339 e. The lowest BCUT2D eigenvalue weighted by atomic mass is 10.2. The van der Waals surface area contributed by atoms with Gasteiger partial charge in [-0.2, -0.15) is 0 Å². The molecule has 0 saturated heterocycles. The molecule has 0 amide bonds. The predicted octanol–water partition coefficient (Wildman–Crippen LogP) is 2.18. The molecule has 104 valence electrons. The Bertz CT molecular complexity index is 497. The average molecular weight is 261 g/mol. The molecule has 1 N–H and O–H groups in total. The molecule has 0 fully saturated rings. The van der Waals surface area contributed by atoms with Gasteiger partial charge < -0.3 is 14.5 Å². The summed E-state index contributed by atoms with van der Waals surface area (Å²) in [6.45, 7) is 4.13. The molecule has 0 unspecified atom stereocenters. The van der Waals surface area contributed by atoms with Gasteiger partial charge in [0.1, 0.15) is 11.5 Å². The van der Waals surface area contributed by atoms with E-state index >= 15 is 0 Å². The molecule has 5 nitrogen and oxygen atoms in total. The number of unbranched alkanes of at least 4 members (excludes halogenated alkanes) is 1. The lowest BCUT2D eigenvalue weighted by molar-refractivity contribution is 0.385. The van der Waals surface area contributed by atoms with Crippen molar-refractivity contribution in [2.24, 2.45) is 0 Å². The number of H-pyrrole nitrogens is 1. The zero-order valence-corrected chi connectivity index (χ0v) is 12.1. The van der Waals surface area contributed by atoms with Gasteiger partial charge in [-0.15, -0.1) is 0 Å². The highest BCUT2D eigenvalue weighted by atomic mass is 15.1. The topological polar surface area (TPSA) is 49.7 Å². The van der Waals surface area contributed by atoms with E-state index in [0.29, 0.717) is 0 Å². The van der Waals surface area contributed by atoms with E-state index in [2.05, 4.69) is 45.4 Å². The highest BCUT2D eigenvalue weighted by molar-refractivity contribution is 5.48. The molecule has 0 aliphatic rings. The Kier molecular flexibility index (Phi) is 4.74. The van der Waals surface area contributed by atoms with Gasteiger partial charge in [-0.05, 0) is 20.5 Å². The molecule has 2 aromatic rings. The second-order valence-corrected chi connectivity index (χ2v) is 5.09. The molecular weight excluding hydrogens is 238 g/mol. The van der Waals surface area contributed by atoms with Gasteiger partial charge in [0.15, 0.2) is 5.82 Å². The Morgan fingerprint density at radius 1 is 1.32 bits per heavy atom. The molecule has 0 bridgehead atoms. The Morgan fingerprint density at radius 2 is 2.16 bits per heavy atom. The quantitative estimate of drug-likeness (QED) is 0.831. The van der Waals surface area contributed by atoms with Crippen molar-refractivity contribution in [2.75, 3.05) is 20.6 Å². The number of nitrogens with one attached hydrogen (secondary N) is 1. The molecule has 0 aromatic carbocycles. The maximum Gasteiger partial charge on any atom is 0.158 e. The lowest BCUT2D eigenvalue weighted by Gasteiger charge is -2.11. The SMILES string of the molecule is CCCCc1ncc(-c2nccn2CCN(C)C)[nH]1. The van der Waals surface area contributed by atoms with Crippen molar-refractivity contribution < 1.29 is 0 Å². The molecule has 0 radical (unpaired) electrons. The summed E-state index contributed by atoms with van der Waals surface area (Å²) in [6, 6.07) is 0. The number of rotatable bonds is 7. The van der Waals surface area contributed by atoms with E-state index in [0.717, 1.165) is 36.9 Å². The Labute approximate surface area is 114 Å². The number of nitrogens with zero attached hydrogens (tertiary/aromatic N) is 4. The second kappa shape index (κ2) is 6.52. The molecule has 5 heteroatoms. The summed E-state index contributed by atoms with van der Waals surface area (Å²) in [5.41, 5.74) is 1.01. The van der Waals surface area contributed by atoms with Crippen LogP contribution in [-0.2, 0) is 13.0 Å². The van der Waals surface area contributed by atoms with Gasteiger partial charge >= 0.3 is 0 Å². The zero-order valence-electron chi connectivity index (χ0n) is 12.1. The van der Waals surface area contributed by atoms with Crippen LogP contribution in [0.5, 0.6) is 0 Å². The molecule has 0 saturated carbocycles. The van der Waals surface area contributed by atoms with Crippen LogP contribution in [-0.4, -0.2) is 45.1 Å². The maximum absolute atomic E-state index is 4.43. The van der Waals surface area contributed by atoms with Gasteiger partial charge in [0.05, 0.1) is 6.20 Å². The van der Waals surface area contributed by atoms with Crippen molar-refractivity contribution in [3.05, 3.63) is 24.4 Å². The van der Waals surface area contributed by atoms with Crippen LogP contribution in [0.3, 0.4) is 0 Å². The van der Waals surface area contributed by atoms with Gasteiger partial charge in [-0.25, -0.2) is 9.97 Å². The normalized spacial score (nSPS) is 11.4. The highest BCUT2D eigenvalue weighted by Crippen LogP contribution is 2.15. The van der Waals surface area contributed by atoms with Crippen LogP contribution < -0.4 is 0 Å². The molecule has 2 rings (SSSR count). The van der Waals surface area contributed by atoms with Crippen LogP contribution in [0.25, 0.3) is 11.5 Å². The van der Waals surface area contributed by atoms with E-state index in [4.69, 9.17) is 0 Å². The summed E-state index contributed by atoms with van der Waals surface area (Å²) in [7, 11) is 4.16. The third-order valence-corrected chi connectivity index (χ3v) is 3.14. The fourth-order valence-corrected chi connectivity index (χ4v) is 1.99. The third-order valence-electron chi connectivity index (χ3n) is 3.14. The van der Waals surface area contributed by atoms with Crippen molar-refractivity contribution in [3.63, 3.8) is 0 Å². The smallest absolute Gasteiger partial charge is 0.158 e. The number of hydrogen-bond donors (Lipinski definition) is 1. The van der Waals surface area contributed by atoms with Crippen LogP contribution in [0.1, 0.15) is 25.6 Å². The van der Waals surface area contributed by atoms with E-state index < -0.39 is 0 Å². The monoisotopic (exact) mass is 261 g/mol. The van der Waals surface area contributed by atoms with Crippen molar-refractivity contribution in [2.45, 2.75) is 32.7 Å². The highest BCUT2D eigenvalue weighted by Gasteiger charge is 2.09. The Hall–Kier alpha value is -1.62. The van der Waals surface area contributed by atoms with E-state index in [9.17, 15) is 0 Å². The number of imidazole rings is 2. The minimum atomic E-state index is 0.936. The summed E-state index contributed by atoms with van der Waals surface area (Å²) in [6.07, 6.45) is 9.12. The van der Waals surface area contributed by atoms with Crippen molar-refractivity contribution >= 4 is 0 Å². The summed E-state index contributed by atoms with van der Waals surface area (Å²) in [4.78, 5) is 14.4. The number of aryl methyl sites for hydroxylation is 1. The fourth-order valence-electron chi connectivity index (χ4n) is 1.99. The Morgan fingerprint density at radius 3 is 2.89 bits per heavy atom. The first-order valence-electron chi connectivity index (χ1n) is 6.90. The number of hydrogen-bond acceptors (Lipinski definition) is 3. The minimum absolute atomic E-state index is 0.936. The lowest BCUT2D eigenvalue weighted by Crippen LogP contribution is -2.18. The predicted molar refractivity (Wildman–Crippen MR) is 77.0 cm³/mol. The first-order valence-corrected chi connectivity index (χ1v) is 6.90. The molecular formula is C14H23N5. The van der Waals surface area contributed by atoms with Gasteiger partial charge in [-0.3, -0.25) is 0 Å². The Balaban J connectivity index is 2.08. The van der Waals surface area contributed by atoms with Crippen molar-refractivity contribution in [1.29, 1.82) is 0 Å². The summed E-state index contributed by atoms with van der Waals surface area (Å²) in [5.74, 6) is 2.02. The summed E-state index contributed by atoms with van der Waals surface area (Å²) < 4.78 is 2.16. The van der Waals surface area contributed by atoms with Gasteiger partial charge in [-0.1, -0.05) is 13.3 Å². The van der Waals surface area contributed by atoms with Crippen molar-refractivity contribution in [3.8, 4) is 11.5 Å². The molecule has 0 spiro atoms. The second-order valence-electron chi connectivity index (χ2n) is 5.09. The molecule has 0 aliphatic carbocycles. The van der Waals surface area contributed by atoms with Gasteiger partial charge in [0.25, 0.3) is 0 Å². The number of aromatic amines is 1. The molecule has 19 heavy (non-hydrogen) atoms. The first-order chi connectivity index (χ1) is 9.20. The van der Waals surface area contributed by atoms with Crippen molar-refractivity contribution in [1.82, 2.24) is 24.4 Å². The zero-order chi connectivity index (χ0) is 13.7. The molecule has 0 atom stereocenters. The van der Waals surface area contributed by atoms with E-state index in [1.165, 1.54) is 12.8 Å². The van der Waals surface area contributed by atoms with Crippen LogP contribution in [0.15, 0.2) is 18.6 Å². The van der Waals surface area contributed by atoms with Crippen LogP contribution >= 0.6 is 0 Å². The number of likely N-dealkylation sites (N-methyl/N-ethyl adjacent to an activating group) is 1. The summed E-state index contributed by atoms with van der Waals surface area (Å²) >= 11 is 0. The van der Waals surface area contributed by atoms with Gasteiger partial charge in [0, 0.05) is 31.9 Å². The van der Waals surface area contributed by atoms with Crippen LogP contribution in [0.4, 0.5) is 0 Å². The fraction of sp³-hybridized carbons (Fsp3) is 0.571. The van der Waals surface area contributed by atoms with Crippen LogP contribution in [0.2, 0.25) is 0 Å². The van der Waals surface area contributed by atoms with Gasteiger partial charge in [0.2, 0.25) is 0 Å². The molecule has 0 aliphatic heterocycles. The van der Waals surface area contributed by atoms with E-state index in [1.54, 1.807) is 0 Å². The molecule has 2 aromatic heterocycles. The molecule has 2 heterocycles. The standard InChI is InChI=1S/C14H23N5/c1-4-5-6-13-16-11-12(17-13)14-15-7-8-19(14)10-9-18(2)3/h7-8,11H,4-6,9-10H2,1-3H3,(H,16,17). The average Bonchev–Trinajstić information content (AvgIpc) is 3.02. The van der Waals surface area contributed by atoms with E-state index in [1.807, 2.05) is 18.6 Å². The number of aromatic nitrogens is 4. The first kappa shape index (κ1) is 13.8. The van der Waals surface area contributed by atoms with Crippen LogP contribution in [0, 0.1) is 0 Å². The summed E-state index contributed by atoms with van der Waals surface area (Å²) in [5, 5.41) is 0. The van der Waals surface area contributed by atoms with E-state index in [-0.39, 0.29) is 0 Å². The minimum Gasteiger partial charge on any atom is -0.339 e. The third kappa shape index (κ3) is 3.67. The maximum atomic E-state index is 4.43.